The number of carbonyl (C=O) groups is 1. The van der Waals surface area contributed by atoms with Crippen LogP contribution in [0.15, 0.2) is 59.5 Å². The van der Waals surface area contributed by atoms with E-state index in [4.69, 9.17) is 0 Å². The molecule has 1 atom stereocenters. The number of sulfonamides is 1. The zero-order chi connectivity index (χ0) is 22.4. The average molecular weight is 432 g/mol. The Hall–Kier alpha value is -2.22. The van der Waals surface area contributed by atoms with Crippen molar-refractivity contribution < 1.29 is 13.2 Å². The lowest BCUT2D eigenvalue weighted by Gasteiger charge is -2.32. The summed E-state index contributed by atoms with van der Waals surface area (Å²) in [6.45, 7) is 10.9. The van der Waals surface area contributed by atoms with Gasteiger partial charge in [0.05, 0.1) is 11.4 Å². The van der Waals surface area contributed by atoms with Crippen molar-refractivity contribution in [3.63, 3.8) is 0 Å². The predicted molar refractivity (Wildman–Crippen MR) is 122 cm³/mol. The minimum atomic E-state index is -3.57. The number of amides is 1. The van der Waals surface area contributed by atoms with Crippen LogP contribution in [0.3, 0.4) is 0 Å². The molecule has 0 aliphatic carbocycles. The molecule has 0 saturated carbocycles. The van der Waals surface area contributed by atoms with Crippen molar-refractivity contribution in [2.45, 2.75) is 45.6 Å². The second kappa shape index (κ2) is 10.2. The van der Waals surface area contributed by atoms with Crippen LogP contribution in [0.1, 0.15) is 46.2 Å². The highest BCUT2D eigenvalue weighted by molar-refractivity contribution is 7.89. The van der Waals surface area contributed by atoms with Crippen molar-refractivity contribution in [2.24, 2.45) is 5.41 Å². The molecule has 0 radical (unpaired) electrons. The van der Waals surface area contributed by atoms with Gasteiger partial charge in [0, 0.05) is 24.8 Å². The van der Waals surface area contributed by atoms with E-state index in [2.05, 4.69) is 31.4 Å². The molecule has 0 saturated heterocycles. The molecule has 2 aromatic carbocycles. The number of nitrogens with one attached hydrogen (secondary N) is 2. The first-order chi connectivity index (χ1) is 14.1. The molecule has 2 N–H and O–H groups in total. The highest BCUT2D eigenvalue weighted by Gasteiger charge is 2.26. The lowest BCUT2D eigenvalue weighted by atomic mass is 9.82. The summed E-state index contributed by atoms with van der Waals surface area (Å²) in [5.41, 5.74) is 1.49. The van der Waals surface area contributed by atoms with Gasteiger partial charge in [-0.05, 0) is 29.2 Å². The molecule has 7 heteroatoms. The van der Waals surface area contributed by atoms with Gasteiger partial charge in [-0.1, -0.05) is 71.0 Å². The highest BCUT2D eigenvalue weighted by Crippen LogP contribution is 2.32. The van der Waals surface area contributed by atoms with Crippen LogP contribution < -0.4 is 10.6 Å². The van der Waals surface area contributed by atoms with Crippen molar-refractivity contribution in [2.75, 3.05) is 25.0 Å². The number of hydrogen-bond acceptors (Lipinski definition) is 4. The van der Waals surface area contributed by atoms with E-state index in [0.29, 0.717) is 18.8 Å². The third kappa shape index (κ3) is 6.14. The Morgan fingerprint density at radius 2 is 1.63 bits per heavy atom. The van der Waals surface area contributed by atoms with E-state index < -0.39 is 10.0 Å². The summed E-state index contributed by atoms with van der Waals surface area (Å²) < 4.78 is 26.8. The van der Waals surface area contributed by atoms with Crippen LogP contribution in [-0.4, -0.2) is 38.3 Å². The minimum absolute atomic E-state index is 0.00108. The van der Waals surface area contributed by atoms with Crippen LogP contribution >= 0.6 is 0 Å². The summed E-state index contributed by atoms with van der Waals surface area (Å²) in [4.78, 5) is 12.7. The van der Waals surface area contributed by atoms with Gasteiger partial charge >= 0.3 is 0 Å². The second-order valence-corrected chi connectivity index (χ2v) is 10.2. The highest BCUT2D eigenvalue weighted by atomic mass is 32.2. The number of nitrogens with zero attached hydrogens (tertiary/aromatic N) is 1. The molecular weight excluding hydrogens is 398 g/mol. The largest absolute Gasteiger partial charge is 0.325 e. The van der Waals surface area contributed by atoms with Gasteiger partial charge in [-0.2, -0.15) is 4.31 Å². The SMILES string of the molecule is CCN(CC)S(=O)(=O)c1cccc(NC(=O)CNC(c2ccccc2)C(C)(C)C)c1. The molecule has 1 unspecified atom stereocenters. The molecule has 2 aromatic rings. The van der Waals surface area contributed by atoms with Gasteiger partial charge in [-0.15, -0.1) is 0 Å². The fourth-order valence-corrected chi connectivity index (χ4v) is 4.92. The van der Waals surface area contributed by atoms with Crippen molar-refractivity contribution in [3.8, 4) is 0 Å². The number of anilines is 1. The van der Waals surface area contributed by atoms with Crippen molar-refractivity contribution in [3.05, 3.63) is 60.2 Å². The fourth-order valence-electron chi connectivity index (χ4n) is 3.42. The van der Waals surface area contributed by atoms with Gasteiger partial charge in [0.25, 0.3) is 0 Å². The summed E-state index contributed by atoms with van der Waals surface area (Å²) in [6, 6.07) is 16.4. The summed E-state index contributed by atoms with van der Waals surface area (Å²) in [5.74, 6) is -0.224. The van der Waals surface area contributed by atoms with Crippen LogP contribution in [0.5, 0.6) is 0 Å². The van der Waals surface area contributed by atoms with Crippen LogP contribution in [0.2, 0.25) is 0 Å². The normalized spacial score (nSPS) is 13.3. The standard InChI is InChI=1S/C23H33N3O3S/c1-6-26(7-2)30(28,29)20-15-11-14-19(16-20)25-21(27)17-24-22(23(3,4)5)18-12-9-8-10-13-18/h8-16,22,24H,6-7,17H2,1-5H3,(H,25,27). The number of hydrogen-bond donors (Lipinski definition) is 2. The van der Waals surface area contributed by atoms with Crippen molar-refractivity contribution >= 4 is 21.6 Å². The monoisotopic (exact) mass is 431 g/mol. The van der Waals surface area contributed by atoms with Crippen molar-refractivity contribution in [1.82, 2.24) is 9.62 Å². The summed E-state index contributed by atoms with van der Waals surface area (Å²) in [6.07, 6.45) is 0. The lowest BCUT2D eigenvalue weighted by Crippen LogP contribution is -2.37. The van der Waals surface area contributed by atoms with E-state index in [-0.39, 0.29) is 28.8 Å². The Morgan fingerprint density at radius 1 is 1.00 bits per heavy atom. The summed E-state index contributed by atoms with van der Waals surface area (Å²) in [5, 5.41) is 6.14. The molecule has 6 nitrogen and oxygen atoms in total. The van der Waals surface area contributed by atoms with E-state index in [1.807, 2.05) is 30.3 Å². The van der Waals surface area contributed by atoms with Crippen LogP contribution in [0, 0.1) is 5.41 Å². The molecule has 0 bridgehead atoms. The molecule has 2 rings (SSSR count). The van der Waals surface area contributed by atoms with Crippen LogP contribution in [0.25, 0.3) is 0 Å². The maximum absolute atomic E-state index is 12.7. The molecule has 30 heavy (non-hydrogen) atoms. The maximum Gasteiger partial charge on any atom is 0.243 e. The Balaban J connectivity index is 2.10. The molecule has 0 heterocycles. The molecule has 1 amide bonds. The summed E-state index contributed by atoms with van der Waals surface area (Å²) >= 11 is 0. The van der Waals surface area contributed by atoms with E-state index in [1.54, 1.807) is 32.0 Å². The zero-order valence-corrected chi connectivity index (χ0v) is 19.3. The van der Waals surface area contributed by atoms with Gasteiger partial charge in [0.1, 0.15) is 0 Å². The quantitative estimate of drug-likeness (QED) is 0.628. The first-order valence-corrected chi connectivity index (χ1v) is 11.7. The molecule has 164 valence electrons. The molecule has 0 fully saturated rings. The molecular formula is C23H33N3O3S. The Bertz CT molecular complexity index is 934. The van der Waals surface area contributed by atoms with Gasteiger partial charge in [-0.3, -0.25) is 4.79 Å². The van der Waals surface area contributed by atoms with E-state index in [1.165, 1.54) is 10.4 Å². The van der Waals surface area contributed by atoms with Gasteiger partial charge in [0.15, 0.2) is 0 Å². The molecule has 0 aromatic heterocycles. The minimum Gasteiger partial charge on any atom is -0.325 e. The third-order valence-corrected chi connectivity index (χ3v) is 6.97. The molecule has 0 spiro atoms. The Kier molecular flexibility index (Phi) is 8.18. The van der Waals surface area contributed by atoms with E-state index in [0.717, 1.165) is 5.56 Å². The average Bonchev–Trinajstić information content (AvgIpc) is 2.69. The topological polar surface area (TPSA) is 78.5 Å². The fraction of sp³-hybridized carbons (Fsp3) is 0.435. The second-order valence-electron chi connectivity index (χ2n) is 8.26. The number of carbonyl (C=O) groups excluding carboxylic acids is 1. The van der Waals surface area contributed by atoms with Gasteiger partial charge in [0.2, 0.25) is 15.9 Å². The number of benzene rings is 2. The summed E-state index contributed by atoms with van der Waals surface area (Å²) in [7, 11) is -3.57. The van der Waals surface area contributed by atoms with Crippen molar-refractivity contribution in [1.29, 1.82) is 0 Å². The van der Waals surface area contributed by atoms with Crippen LogP contribution in [-0.2, 0) is 14.8 Å². The molecule has 0 aliphatic heterocycles. The first kappa shape index (κ1) is 24.1. The Labute approximate surface area is 180 Å². The van der Waals surface area contributed by atoms with Gasteiger partial charge < -0.3 is 10.6 Å². The van der Waals surface area contributed by atoms with E-state index in [9.17, 15) is 13.2 Å². The number of rotatable bonds is 9. The lowest BCUT2D eigenvalue weighted by molar-refractivity contribution is -0.115. The van der Waals surface area contributed by atoms with Crippen LogP contribution in [0.4, 0.5) is 5.69 Å². The van der Waals surface area contributed by atoms with E-state index >= 15 is 0 Å². The maximum atomic E-state index is 12.7. The smallest absolute Gasteiger partial charge is 0.243 e. The predicted octanol–water partition coefficient (Wildman–Crippen LogP) is 4.03. The zero-order valence-electron chi connectivity index (χ0n) is 18.5. The first-order valence-electron chi connectivity index (χ1n) is 10.3. The Morgan fingerprint density at radius 3 is 2.20 bits per heavy atom. The van der Waals surface area contributed by atoms with Gasteiger partial charge in [-0.25, -0.2) is 8.42 Å². The molecule has 0 aliphatic rings. The third-order valence-electron chi connectivity index (χ3n) is 4.93.